The second-order valence-electron chi connectivity index (χ2n) is 7.47. The molecular weight excluding hydrogens is 260 g/mol. The van der Waals surface area contributed by atoms with E-state index in [0.717, 1.165) is 37.5 Å². The quantitative estimate of drug-likeness (QED) is 0.853. The molecule has 1 aliphatic rings. The van der Waals surface area contributed by atoms with Gasteiger partial charge in [0.1, 0.15) is 6.10 Å². The van der Waals surface area contributed by atoms with Crippen LogP contribution in [-0.4, -0.2) is 17.6 Å². The minimum absolute atomic E-state index is 0.337. The Morgan fingerprint density at radius 3 is 2.67 bits per heavy atom. The van der Waals surface area contributed by atoms with E-state index in [1.807, 2.05) is 12.1 Å². The lowest BCUT2D eigenvalue weighted by Gasteiger charge is -2.34. The number of ether oxygens (including phenoxy) is 1. The molecule has 0 saturated heterocycles. The number of nitrogens with zero attached hydrogens (tertiary/aromatic N) is 1. The predicted molar refractivity (Wildman–Crippen MR) is 87.4 cm³/mol. The van der Waals surface area contributed by atoms with Gasteiger partial charge in [-0.25, -0.2) is 4.98 Å². The summed E-state index contributed by atoms with van der Waals surface area (Å²) in [6, 6.07) is 6.08. The first-order chi connectivity index (χ1) is 9.94. The maximum Gasteiger partial charge on any atom is 0.213 e. The molecule has 1 aromatic heterocycles. The lowest BCUT2D eigenvalue weighted by Crippen LogP contribution is -2.28. The van der Waals surface area contributed by atoms with Crippen molar-refractivity contribution >= 4 is 0 Å². The number of nitrogens with one attached hydrogen (secondary N) is 1. The molecule has 0 aliphatic heterocycles. The number of pyridine rings is 1. The van der Waals surface area contributed by atoms with Crippen LogP contribution in [0.2, 0.25) is 0 Å². The summed E-state index contributed by atoms with van der Waals surface area (Å²) in [4.78, 5) is 4.62. The summed E-state index contributed by atoms with van der Waals surface area (Å²) in [6.07, 6.45) is 5.11. The van der Waals surface area contributed by atoms with Gasteiger partial charge in [0.05, 0.1) is 5.69 Å². The van der Waals surface area contributed by atoms with E-state index >= 15 is 0 Å². The third-order valence-corrected chi connectivity index (χ3v) is 4.21. The molecule has 0 aromatic carbocycles. The Hall–Kier alpha value is -1.09. The molecule has 21 heavy (non-hydrogen) atoms. The van der Waals surface area contributed by atoms with Gasteiger partial charge in [-0.15, -0.1) is 0 Å². The molecule has 1 saturated carbocycles. The van der Waals surface area contributed by atoms with E-state index in [2.05, 4.69) is 44.1 Å². The van der Waals surface area contributed by atoms with Crippen LogP contribution in [-0.2, 0) is 6.54 Å². The summed E-state index contributed by atoms with van der Waals surface area (Å²) < 4.78 is 6.08. The monoisotopic (exact) mass is 290 g/mol. The molecule has 3 nitrogen and oxygen atoms in total. The third-order valence-electron chi connectivity index (χ3n) is 4.21. The van der Waals surface area contributed by atoms with Crippen LogP contribution in [0.4, 0.5) is 0 Å². The smallest absolute Gasteiger partial charge is 0.213 e. The van der Waals surface area contributed by atoms with E-state index in [1.54, 1.807) is 0 Å². The van der Waals surface area contributed by atoms with Crippen LogP contribution in [0.25, 0.3) is 0 Å². The fourth-order valence-corrected chi connectivity index (χ4v) is 2.77. The molecule has 118 valence electrons. The summed E-state index contributed by atoms with van der Waals surface area (Å²) in [5.74, 6) is 1.44. The Balaban J connectivity index is 1.83. The molecule has 0 bridgehead atoms. The van der Waals surface area contributed by atoms with Crippen LogP contribution in [0, 0.1) is 11.3 Å². The van der Waals surface area contributed by atoms with Crippen molar-refractivity contribution in [2.45, 2.75) is 66.0 Å². The van der Waals surface area contributed by atoms with Crippen LogP contribution < -0.4 is 10.1 Å². The largest absolute Gasteiger partial charge is 0.474 e. The molecule has 0 spiro atoms. The van der Waals surface area contributed by atoms with Crippen LogP contribution in [0.5, 0.6) is 5.88 Å². The van der Waals surface area contributed by atoms with Crippen molar-refractivity contribution in [2.75, 3.05) is 6.54 Å². The van der Waals surface area contributed by atoms with Gasteiger partial charge in [-0.3, -0.25) is 0 Å². The maximum absolute atomic E-state index is 6.08. The SMILES string of the molecule is CC(C)CNCc1cccc(OC2CCC(C)(C)CC2)n1. The number of hydrogen-bond acceptors (Lipinski definition) is 3. The van der Waals surface area contributed by atoms with Crippen molar-refractivity contribution in [1.29, 1.82) is 0 Å². The first-order valence-corrected chi connectivity index (χ1v) is 8.28. The number of rotatable bonds is 6. The Bertz CT molecular complexity index is 433. The second kappa shape index (κ2) is 7.26. The first kappa shape index (κ1) is 16.3. The first-order valence-electron chi connectivity index (χ1n) is 8.28. The van der Waals surface area contributed by atoms with Gasteiger partial charge in [0, 0.05) is 12.6 Å². The van der Waals surface area contributed by atoms with Gasteiger partial charge >= 0.3 is 0 Å². The molecule has 3 heteroatoms. The van der Waals surface area contributed by atoms with Crippen LogP contribution in [0.3, 0.4) is 0 Å². The van der Waals surface area contributed by atoms with E-state index in [0.29, 0.717) is 17.4 Å². The van der Waals surface area contributed by atoms with E-state index < -0.39 is 0 Å². The predicted octanol–water partition coefficient (Wildman–Crippen LogP) is 4.17. The Morgan fingerprint density at radius 2 is 2.00 bits per heavy atom. The van der Waals surface area contributed by atoms with Crippen molar-refractivity contribution < 1.29 is 4.74 Å². The Labute approximate surface area is 129 Å². The lowest BCUT2D eigenvalue weighted by molar-refractivity contribution is 0.0947. The van der Waals surface area contributed by atoms with Gasteiger partial charge in [0.2, 0.25) is 5.88 Å². The van der Waals surface area contributed by atoms with Gasteiger partial charge in [-0.1, -0.05) is 33.8 Å². The van der Waals surface area contributed by atoms with Crippen LogP contribution >= 0.6 is 0 Å². The number of aromatic nitrogens is 1. The molecule has 2 rings (SSSR count). The van der Waals surface area contributed by atoms with Gasteiger partial charge in [0.25, 0.3) is 0 Å². The summed E-state index contributed by atoms with van der Waals surface area (Å²) in [5.41, 5.74) is 1.54. The molecule has 1 aromatic rings. The van der Waals surface area contributed by atoms with E-state index in [9.17, 15) is 0 Å². The molecule has 1 aliphatic carbocycles. The summed E-state index contributed by atoms with van der Waals surface area (Å²) >= 11 is 0. The molecule has 1 N–H and O–H groups in total. The molecular formula is C18H30N2O. The highest BCUT2D eigenvalue weighted by atomic mass is 16.5. The average Bonchev–Trinajstić information content (AvgIpc) is 2.41. The van der Waals surface area contributed by atoms with E-state index in [-0.39, 0.29) is 0 Å². The summed E-state index contributed by atoms with van der Waals surface area (Å²) in [5, 5.41) is 3.42. The molecule has 1 fully saturated rings. The van der Waals surface area contributed by atoms with Gasteiger partial charge < -0.3 is 10.1 Å². The van der Waals surface area contributed by atoms with Gasteiger partial charge in [-0.05, 0) is 49.6 Å². The zero-order chi connectivity index (χ0) is 15.3. The fraction of sp³-hybridized carbons (Fsp3) is 0.722. The van der Waals surface area contributed by atoms with Crippen molar-refractivity contribution in [3.05, 3.63) is 23.9 Å². The highest BCUT2D eigenvalue weighted by Crippen LogP contribution is 2.36. The van der Waals surface area contributed by atoms with Crippen LogP contribution in [0.1, 0.15) is 59.1 Å². The zero-order valence-electron chi connectivity index (χ0n) is 14.0. The minimum Gasteiger partial charge on any atom is -0.474 e. The van der Waals surface area contributed by atoms with E-state index in [4.69, 9.17) is 4.74 Å². The zero-order valence-corrected chi connectivity index (χ0v) is 14.0. The molecule has 0 unspecified atom stereocenters. The summed E-state index contributed by atoms with van der Waals surface area (Å²) in [6.45, 7) is 11.0. The topological polar surface area (TPSA) is 34.1 Å². The van der Waals surface area contributed by atoms with Gasteiger partial charge in [-0.2, -0.15) is 0 Å². The maximum atomic E-state index is 6.08. The lowest BCUT2D eigenvalue weighted by atomic mass is 9.76. The Kier molecular flexibility index (Phi) is 5.63. The average molecular weight is 290 g/mol. The standard InChI is InChI=1S/C18H30N2O/c1-14(2)12-19-13-15-6-5-7-17(20-15)21-16-8-10-18(3,4)11-9-16/h5-7,14,16,19H,8-13H2,1-4H3. The third kappa shape index (κ3) is 5.66. The molecule has 1 heterocycles. The van der Waals surface area contributed by atoms with Crippen molar-refractivity contribution in [2.24, 2.45) is 11.3 Å². The van der Waals surface area contributed by atoms with E-state index in [1.165, 1.54) is 12.8 Å². The highest BCUT2D eigenvalue weighted by Gasteiger charge is 2.27. The fourth-order valence-electron chi connectivity index (χ4n) is 2.77. The second-order valence-corrected chi connectivity index (χ2v) is 7.47. The highest BCUT2D eigenvalue weighted by molar-refractivity contribution is 5.16. The summed E-state index contributed by atoms with van der Waals surface area (Å²) in [7, 11) is 0. The Morgan fingerprint density at radius 1 is 1.29 bits per heavy atom. The molecule has 0 atom stereocenters. The number of hydrogen-bond donors (Lipinski definition) is 1. The van der Waals surface area contributed by atoms with Crippen molar-refractivity contribution in [3.8, 4) is 5.88 Å². The van der Waals surface area contributed by atoms with Crippen molar-refractivity contribution in [1.82, 2.24) is 10.3 Å². The van der Waals surface area contributed by atoms with Crippen molar-refractivity contribution in [3.63, 3.8) is 0 Å². The molecule has 0 amide bonds. The van der Waals surface area contributed by atoms with Gasteiger partial charge in [0.15, 0.2) is 0 Å². The normalized spacial score (nSPS) is 18.9. The molecule has 0 radical (unpaired) electrons. The van der Waals surface area contributed by atoms with Crippen LogP contribution in [0.15, 0.2) is 18.2 Å². The minimum atomic E-state index is 0.337.